The van der Waals surface area contributed by atoms with Crippen molar-refractivity contribution in [2.45, 2.75) is 51.3 Å². The molecule has 2 amide bonds. The lowest BCUT2D eigenvalue weighted by Gasteiger charge is -2.28. The largest absolute Gasteiger partial charge is 0.483 e. The molecule has 0 spiro atoms. The third-order valence-corrected chi connectivity index (χ3v) is 6.04. The minimum Gasteiger partial charge on any atom is -0.483 e. The topological polar surface area (TPSA) is 108 Å². The summed E-state index contributed by atoms with van der Waals surface area (Å²) in [6.07, 6.45) is -1.24. The molecule has 0 aliphatic rings. The van der Waals surface area contributed by atoms with Crippen molar-refractivity contribution in [3.05, 3.63) is 101 Å². The van der Waals surface area contributed by atoms with E-state index < -0.39 is 24.3 Å². The van der Waals surface area contributed by atoms with Gasteiger partial charge in [-0.3, -0.25) is 4.79 Å². The van der Waals surface area contributed by atoms with Gasteiger partial charge in [0.25, 0.3) is 5.91 Å². The van der Waals surface area contributed by atoms with Gasteiger partial charge in [0.2, 0.25) is 0 Å². The highest BCUT2D eigenvalue weighted by Gasteiger charge is 2.26. The zero-order chi connectivity index (χ0) is 25.9. The van der Waals surface area contributed by atoms with Crippen molar-refractivity contribution in [1.29, 1.82) is 0 Å². The van der Waals surface area contributed by atoms with Gasteiger partial charge in [-0.2, -0.15) is 0 Å². The van der Waals surface area contributed by atoms with E-state index >= 15 is 0 Å². The monoisotopic (exact) mass is 490 g/mol. The summed E-state index contributed by atoms with van der Waals surface area (Å²) in [5, 5.41) is 25.8. The smallest absolute Gasteiger partial charge is 0.404 e. The van der Waals surface area contributed by atoms with Gasteiger partial charge in [0.05, 0.1) is 12.1 Å². The van der Waals surface area contributed by atoms with Crippen molar-refractivity contribution in [1.82, 2.24) is 10.6 Å². The van der Waals surface area contributed by atoms with Crippen LogP contribution in [0.3, 0.4) is 0 Å². The molecule has 3 rings (SSSR count). The highest BCUT2D eigenvalue weighted by molar-refractivity contribution is 5.78. The van der Waals surface area contributed by atoms with Crippen LogP contribution in [-0.4, -0.2) is 47.0 Å². The highest BCUT2D eigenvalue weighted by atomic mass is 16.5. The molecule has 0 bridgehead atoms. The number of ether oxygens (including phenoxy) is 1. The molecule has 7 nitrogen and oxygen atoms in total. The SMILES string of the molecule is Cc1cccc(C)c1OCC(=O)N[C@@H](Cc1ccccc1)C[C@H](O)[C@H](Cc1ccccc1)NC(=O)O. The number of amides is 2. The Hall–Kier alpha value is -3.84. The number of para-hydroxylation sites is 1. The van der Waals surface area contributed by atoms with E-state index in [0.29, 0.717) is 18.6 Å². The summed E-state index contributed by atoms with van der Waals surface area (Å²) in [4.78, 5) is 24.3. The first-order chi connectivity index (χ1) is 17.3. The Balaban J connectivity index is 1.70. The number of hydrogen-bond donors (Lipinski definition) is 4. The fourth-order valence-corrected chi connectivity index (χ4v) is 4.29. The van der Waals surface area contributed by atoms with Crippen molar-refractivity contribution in [3.8, 4) is 5.75 Å². The summed E-state index contributed by atoms with van der Waals surface area (Å²) >= 11 is 0. The quantitative estimate of drug-likeness (QED) is 0.307. The van der Waals surface area contributed by atoms with Gasteiger partial charge in [0, 0.05) is 6.04 Å². The number of carboxylic acid groups (broad SMARTS) is 1. The first-order valence-electron chi connectivity index (χ1n) is 12.1. The summed E-state index contributed by atoms with van der Waals surface area (Å²) in [6, 6.07) is 23.7. The predicted molar refractivity (Wildman–Crippen MR) is 139 cm³/mol. The average Bonchev–Trinajstić information content (AvgIpc) is 2.84. The molecule has 0 saturated heterocycles. The number of carbonyl (C=O) groups excluding carboxylic acids is 1. The first-order valence-corrected chi connectivity index (χ1v) is 12.1. The number of hydrogen-bond acceptors (Lipinski definition) is 4. The van der Waals surface area contributed by atoms with Gasteiger partial charge in [-0.25, -0.2) is 4.79 Å². The van der Waals surface area contributed by atoms with Crippen molar-refractivity contribution < 1.29 is 24.5 Å². The van der Waals surface area contributed by atoms with E-state index in [4.69, 9.17) is 4.74 Å². The van der Waals surface area contributed by atoms with Crippen LogP contribution in [0.25, 0.3) is 0 Å². The Morgan fingerprint density at radius 3 is 1.92 bits per heavy atom. The molecule has 0 fully saturated rings. The van der Waals surface area contributed by atoms with E-state index in [9.17, 15) is 19.8 Å². The molecule has 0 radical (unpaired) electrons. The molecule has 7 heteroatoms. The van der Waals surface area contributed by atoms with Gasteiger partial charge in [-0.15, -0.1) is 0 Å². The van der Waals surface area contributed by atoms with Crippen molar-refractivity contribution in [2.75, 3.05) is 6.61 Å². The second-order valence-corrected chi connectivity index (χ2v) is 9.01. The summed E-state index contributed by atoms with van der Waals surface area (Å²) in [7, 11) is 0. The third kappa shape index (κ3) is 8.43. The van der Waals surface area contributed by atoms with Crippen LogP contribution >= 0.6 is 0 Å². The van der Waals surface area contributed by atoms with Crippen LogP contribution in [0, 0.1) is 13.8 Å². The van der Waals surface area contributed by atoms with Gasteiger partial charge < -0.3 is 25.6 Å². The molecule has 0 heterocycles. The molecule has 0 aliphatic heterocycles. The lowest BCUT2D eigenvalue weighted by molar-refractivity contribution is -0.124. The fourth-order valence-electron chi connectivity index (χ4n) is 4.29. The first kappa shape index (κ1) is 26.8. The summed E-state index contributed by atoms with van der Waals surface area (Å²) in [5.74, 6) is 0.373. The van der Waals surface area contributed by atoms with Gasteiger partial charge in [-0.05, 0) is 55.4 Å². The molecule has 3 aromatic rings. The predicted octanol–water partition coefficient (Wildman–Crippen LogP) is 4.04. The second kappa shape index (κ2) is 13.3. The molecular formula is C29H34N2O5. The summed E-state index contributed by atoms with van der Waals surface area (Å²) in [5.41, 5.74) is 3.79. The van der Waals surface area contributed by atoms with Gasteiger partial charge in [0.1, 0.15) is 5.75 Å². The Morgan fingerprint density at radius 2 is 1.36 bits per heavy atom. The normalized spacial score (nSPS) is 13.3. The molecule has 4 N–H and O–H groups in total. The molecule has 0 unspecified atom stereocenters. The average molecular weight is 491 g/mol. The van der Waals surface area contributed by atoms with Crippen LogP contribution in [-0.2, 0) is 17.6 Å². The van der Waals surface area contributed by atoms with E-state index in [1.807, 2.05) is 92.7 Å². The number of rotatable bonds is 12. The van der Waals surface area contributed by atoms with E-state index in [-0.39, 0.29) is 18.9 Å². The Labute approximate surface area is 212 Å². The lowest BCUT2D eigenvalue weighted by Crippen LogP contribution is -2.48. The second-order valence-electron chi connectivity index (χ2n) is 9.01. The minimum absolute atomic E-state index is 0.159. The number of aryl methyl sites for hydroxylation is 2. The Morgan fingerprint density at radius 1 is 0.806 bits per heavy atom. The van der Waals surface area contributed by atoms with E-state index in [0.717, 1.165) is 22.3 Å². The number of aliphatic hydroxyl groups excluding tert-OH is 1. The van der Waals surface area contributed by atoms with Crippen LogP contribution < -0.4 is 15.4 Å². The highest BCUT2D eigenvalue weighted by Crippen LogP contribution is 2.22. The van der Waals surface area contributed by atoms with E-state index in [1.165, 1.54) is 0 Å². The molecule has 3 aromatic carbocycles. The van der Waals surface area contributed by atoms with Crippen LogP contribution in [0.1, 0.15) is 28.7 Å². The number of aliphatic hydroxyl groups is 1. The number of benzene rings is 3. The molecular weight excluding hydrogens is 456 g/mol. The van der Waals surface area contributed by atoms with Crippen LogP contribution in [0.2, 0.25) is 0 Å². The molecule has 0 aromatic heterocycles. The third-order valence-electron chi connectivity index (χ3n) is 6.04. The maximum atomic E-state index is 12.8. The maximum absolute atomic E-state index is 12.8. The summed E-state index contributed by atoms with van der Waals surface area (Å²) in [6.45, 7) is 3.70. The maximum Gasteiger partial charge on any atom is 0.404 e. The fraction of sp³-hybridized carbons (Fsp3) is 0.310. The van der Waals surface area contributed by atoms with E-state index in [1.54, 1.807) is 0 Å². The minimum atomic E-state index is -1.21. The molecule has 3 atom stereocenters. The van der Waals surface area contributed by atoms with Crippen LogP contribution in [0.4, 0.5) is 4.79 Å². The van der Waals surface area contributed by atoms with Gasteiger partial charge in [-0.1, -0.05) is 78.9 Å². The summed E-state index contributed by atoms with van der Waals surface area (Å²) < 4.78 is 5.80. The van der Waals surface area contributed by atoms with Crippen molar-refractivity contribution in [2.24, 2.45) is 0 Å². The van der Waals surface area contributed by atoms with Crippen LogP contribution in [0.5, 0.6) is 5.75 Å². The van der Waals surface area contributed by atoms with Gasteiger partial charge in [0.15, 0.2) is 6.61 Å². The zero-order valence-corrected chi connectivity index (χ0v) is 20.7. The molecule has 0 saturated carbocycles. The standard InChI is InChI=1S/C29H34N2O5/c1-20-10-9-11-21(2)28(20)36-19-27(33)30-24(16-22-12-5-3-6-13-22)18-26(32)25(31-29(34)35)17-23-14-7-4-8-15-23/h3-15,24-26,31-32H,16-19H2,1-2H3,(H,30,33)(H,34,35)/t24-,25-,26-/m0/s1. The van der Waals surface area contributed by atoms with Crippen LogP contribution in [0.15, 0.2) is 78.9 Å². The molecule has 0 aliphatic carbocycles. The lowest BCUT2D eigenvalue weighted by atomic mass is 9.93. The van der Waals surface area contributed by atoms with Gasteiger partial charge >= 0.3 is 6.09 Å². The van der Waals surface area contributed by atoms with E-state index in [2.05, 4.69) is 10.6 Å². The number of nitrogens with one attached hydrogen (secondary N) is 2. The molecule has 36 heavy (non-hydrogen) atoms. The zero-order valence-electron chi connectivity index (χ0n) is 20.7. The Kier molecular flexibility index (Phi) is 9.89. The molecule has 190 valence electrons. The van der Waals surface area contributed by atoms with Crippen molar-refractivity contribution in [3.63, 3.8) is 0 Å². The van der Waals surface area contributed by atoms with Crippen molar-refractivity contribution >= 4 is 12.0 Å². The number of carbonyl (C=O) groups is 2. The Bertz CT molecular complexity index is 1100.